The number of imidazole rings is 1. The van der Waals surface area contributed by atoms with Crippen molar-refractivity contribution in [2.75, 3.05) is 18.4 Å². The van der Waals surface area contributed by atoms with Gasteiger partial charge in [0.1, 0.15) is 11.8 Å². The van der Waals surface area contributed by atoms with E-state index < -0.39 is 0 Å². The number of hydrogen-bond donors (Lipinski definition) is 3. The summed E-state index contributed by atoms with van der Waals surface area (Å²) in [5, 5.41) is 7.16. The van der Waals surface area contributed by atoms with Crippen LogP contribution in [0.25, 0.3) is 11.2 Å². The monoisotopic (exact) mass is 308 g/mol. The van der Waals surface area contributed by atoms with Gasteiger partial charge in [-0.15, -0.1) is 0 Å². The first kappa shape index (κ1) is 14.1. The molecule has 1 aliphatic rings. The normalized spacial score (nSPS) is 17.2. The smallest absolute Gasteiger partial charge is 0.182 e. The SMILES string of the molecule is c1ccc(CC2(Nc3ncnc4nc[nH]c34)CCNCC2)cc1. The summed E-state index contributed by atoms with van der Waals surface area (Å²) in [5.41, 5.74) is 2.92. The fraction of sp³-hybridized carbons (Fsp3) is 0.353. The van der Waals surface area contributed by atoms with E-state index in [9.17, 15) is 0 Å². The lowest BCUT2D eigenvalue weighted by atomic mass is 9.82. The third-order valence-corrected chi connectivity index (χ3v) is 4.55. The summed E-state index contributed by atoms with van der Waals surface area (Å²) >= 11 is 0. The molecule has 1 aliphatic heterocycles. The number of piperidine rings is 1. The molecule has 0 unspecified atom stereocenters. The maximum atomic E-state index is 4.45. The lowest BCUT2D eigenvalue weighted by Gasteiger charge is -2.39. The molecule has 0 atom stereocenters. The summed E-state index contributed by atoms with van der Waals surface area (Å²) in [6.07, 6.45) is 6.33. The summed E-state index contributed by atoms with van der Waals surface area (Å²) in [5.74, 6) is 0.838. The van der Waals surface area contributed by atoms with E-state index >= 15 is 0 Å². The molecule has 23 heavy (non-hydrogen) atoms. The predicted molar refractivity (Wildman–Crippen MR) is 90.3 cm³/mol. The van der Waals surface area contributed by atoms with Gasteiger partial charge in [0.15, 0.2) is 11.5 Å². The molecule has 2 aromatic heterocycles. The summed E-state index contributed by atoms with van der Waals surface area (Å²) < 4.78 is 0. The van der Waals surface area contributed by atoms with Crippen molar-refractivity contribution in [3.63, 3.8) is 0 Å². The lowest BCUT2D eigenvalue weighted by molar-refractivity contribution is 0.335. The number of rotatable bonds is 4. The maximum absolute atomic E-state index is 4.45. The highest BCUT2D eigenvalue weighted by Crippen LogP contribution is 2.29. The van der Waals surface area contributed by atoms with E-state index in [4.69, 9.17) is 0 Å². The van der Waals surface area contributed by atoms with Crippen LogP contribution >= 0.6 is 0 Å². The molecule has 0 radical (unpaired) electrons. The third kappa shape index (κ3) is 2.90. The number of nitrogens with zero attached hydrogens (tertiary/aromatic N) is 3. The molecule has 6 nitrogen and oxygen atoms in total. The zero-order valence-corrected chi connectivity index (χ0v) is 12.9. The van der Waals surface area contributed by atoms with E-state index in [2.05, 4.69) is 60.9 Å². The fourth-order valence-corrected chi connectivity index (χ4v) is 3.35. The largest absolute Gasteiger partial charge is 0.362 e. The summed E-state index contributed by atoms with van der Waals surface area (Å²) in [4.78, 5) is 16.0. The molecule has 4 rings (SSSR count). The van der Waals surface area contributed by atoms with Crippen LogP contribution in [-0.2, 0) is 6.42 Å². The highest BCUT2D eigenvalue weighted by atomic mass is 15.1. The van der Waals surface area contributed by atoms with Crippen LogP contribution in [0.3, 0.4) is 0 Å². The van der Waals surface area contributed by atoms with Crippen LogP contribution in [0.5, 0.6) is 0 Å². The average Bonchev–Trinajstić information content (AvgIpc) is 3.06. The van der Waals surface area contributed by atoms with Crippen molar-refractivity contribution in [1.82, 2.24) is 25.3 Å². The first-order valence-electron chi connectivity index (χ1n) is 8.02. The number of anilines is 1. The zero-order chi connectivity index (χ0) is 15.5. The van der Waals surface area contributed by atoms with Crippen molar-refractivity contribution in [3.8, 4) is 0 Å². The Bertz CT molecular complexity index is 776. The summed E-state index contributed by atoms with van der Waals surface area (Å²) in [6.45, 7) is 2.02. The Balaban J connectivity index is 1.67. The van der Waals surface area contributed by atoms with Gasteiger partial charge in [-0.3, -0.25) is 0 Å². The van der Waals surface area contributed by atoms with Crippen molar-refractivity contribution in [2.45, 2.75) is 24.8 Å². The second-order valence-corrected chi connectivity index (χ2v) is 6.14. The molecule has 0 aliphatic carbocycles. The molecular weight excluding hydrogens is 288 g/mol. The van der Waals surface area contributed by atoms with Crippen molar-refractivity contribution >= 4 is 17.0 Å². The molecule has 0 bridgehead atoms. The van der Waals surface area contributed by atoms with Gasteiger partial charge in [-0.2, -0.15) is 0 Å². The van der Waals surface area contributed by atoms with E-state index in [0.29, 0.717) is 5.65 Å². The molecule has 0 amide bonds. The number of H-pyrrole nitrogens is 1. The second kappa shape index (κ2) is 5.96. The molecule has 3 aromatic rings. The van der Waals surface area contributed by atoms with E-state index in [1.165, 1.54) is 5.56 Å². The molecular formula is C17H20N6. The van der Waals surface area contributed by atoms with Crippen LogP contribution in [0.4, 0.5) is 5.82 Å². The molecule has 6 heteroatoms. The van der Waals surface area contributed by atoms with E-state index in [1.54, 1.807) is 12.7 Å². The third-order valence-electron chi connectivity index (χ3n) is 4.55. The first-order valence-corrected chi connectivity index (χ1v) is 8.02. The van der Waals surface area contributed by atoms with Crippen molar-refractivity contribution < 1.29 is 0 Å². The molecule has 1 saturated heterocycles. The van der Waals surface area contributed by atoms with Crippen LogP contribution in [-0.4, -0.2) is 38.6 Å². The van der Waals surface area contributed by atoms with Gasteiger partial charge in [-0.1, -0.05) is 30.3 Å². The summed E-state index contributed by atoms with van der Waals surface area (Å²) in [7, 11) is 0. The quantitative estimate of drug-likeness (QED) is 0.688. The molecule has 3 N–H and O–H groups in total. The number of nitrogens with one attached hydrogen (secondary N) is 3. The van der Waals surface area contributed by atoms with Gasteiger partial charge in [0.25, 0.3) is 0 Å². The molecule has 118 valence electrons. The fourth-order valence-electron chi connectivity index (χ4n) is 3.35. The first-order chi connectivity index (χ1) is 11.3. The van der Waals surface area contributed by atoms with Crippen LogP contribution in [0, 0.1) is 0 Å². The topological polar surface area (TPSA) is 78.5 Å². The van der Waals surface area contributed by atoms with Crippen LogP contribution in [0.1, 0.15) is 18.4 Å². The van der Waals surface area contributed by atoms with Crippen LogP contribution in [0.15, 0.2) is 43.0 Å². The van der Waals surface area contributed by atoms with Gasteiger partial charge in [0.05, 0.1) is 6.33 Å². The Labute approximate surface area is 134 Å². The Hall–Kier alpha value is -2.47. The van der Waals surface area contributed by atoms with Gasteiger partial charge in [-0.25, -0.2) is 15.0 Å². The van der Waals surface area contributed by atoms with Gasteiger partial charge >= 0.3 is 0 Å². The van der Waals surface area contributed by atoms with Gasteiger partial charge in [0, 0.05) is 5.54 Å². The molecule has 3 heterocycles. The standard InChI is InChI=1S/C17H20N6/c1-2-4-13(5-3-1)10-17(6-8-18-9-7-17)23-16-14-15(20-11-19-14)21-12-22-16/h1-5,11-12,18H,6-10H2,(H2,19,20,21,22,23). The number of benzene rings is 1. The van der Waals surface area contributed by atoms with Gasteiger partial charge < -0.3 is 15.6 Å². The lowest BCUT2D eigenvalue weighted by Crippen LogP contribution is -2.49. The van der Waals surface area contributed by atoms with Crippen LogP contribution in [0.2, 0.25) is 0 Å². The highest BCUT2D eigenvalue weighted by Gasteiger charge is 2.33. The average molecular weight is 308 g/mol. The van der Waals surface area contributed by atoms with Gasteiger partial charge in [0.2, 0.25) is 0 Å². The van der Waals surface area contributed by atoms with E-state index in [1.807, 2.05) is 0 Å². The predicted octanol–water partition coefficient (Wildman–Crippen LogP) is 2.13. The molecule has 1 aromatic carbocycles. The Morgan fingerprint density at radius 1 is 1.04 bits per heavy atom. The van der Waals surface area contributed by atoms with E-state index in [0.717, 1.165) is 43.7 Å². The minimum atomic E-state index is -0.000995. The maximum Gasteiger partial charge on any atom is 0.182 e. The minimum Gasteiger partial charge on any atom is -0.362 e. The molecule has 0 spiro atoms. The van der Waals surface area contributed by atoms with E-state index in [-0.39, 0.29) is 5.54 Å². The molecule has 1 fully saturated rings. The Morgan fingerprint density at radius 3 is 2.70 bits per heavy atom. The highest BCUT2D eigenvalue weighted by molar-refractivity contribution is 5.82. The second-order valence-electron chi connectivity index (χ2n) is 6.14. The van der Waals surface area contributed by atoms with Crippen LogP contribution < -0.4 is 10.6 Å². The van der Waals surface area contributed by atoms with Crippen molar-refractivity contribution in [3.05, 3.63) is 48.5 Å². The Morgan fingerprint density at radius 2 is 1.87 bits per heavy atom. The van der Waals surface area contributed by atoms with Gasteiger partial charge in [-0.05, 0) is 37.9 Å². The number of hydrogen-bond acceptors (Lipinski definition) is 5. The van der Waals surface area contributed by atoms with Crippen molar-refractivity contribution in [1.29, 1.82) is 0 Å². The zero-order valence-electron chi connectivity index (χ0n) is 12.9. The number of aromatic nitrogens is 4. The Kier molecular flexibility index (Phi) is 3.67. The molecule has 0 saturated carbocycles. The number of fused-ring (bicyclic) bond motifs is 1. The van der Waals surface area contributed by atoms with Crippen molar-refractivity contribution in [2.24, 2.45) is 0 Å². The summed E-state index contributed by atoms with van der Waals surface area (Å²) in [6, 6.07) is 10.6. The minimum absolute atomic E-state index is 0.000995. The number of aromatic amines is 1.